The molecule has 0 spiro atoms. The van der Waals surface area contributed by atoms with Crippen molar-refractivity contribution in [1.29, 1.82) is 0 Å². The molecule has 0 unspecified atom stereocenters. The topological polar surface area (TPSA) is 69.0 Å². The molecule has 6 heteroatoms. The molecule has 0 aliphatic rings. The lowest BCUT2D eigenvalue weighted by Gasteiger charge is -2.21. The van der Waals surface area contributed by atoms with Crippen LogP contribution in [0.1, 0.15) is 22.5 Å². The summed E-state index contributed by atoms with van der Waals surface area (Å²) in [4.78, 5) is 24.9. The summed E-state index contributed by atoms with van der Waals surface area (Å²) < 4.78 is 14.7. The maximum absolute atomic E-state index is 12.3. The van der Waals surface area contributed by atoms with Gasteiger partial charge < -0.3 is 18.8 Å². The Bertz CT molecular complexity index is 426. The lowest BCUT2D eigenvalue weighted by molar-refractivity contribution is -0.140. The van der Waals surface area contributed by atoms with E-state index >= 15 is 0 Å². The highest BCUT2D eigenvalue weighted by molar-refractivity contribution is 5.93. The number of rotatable bonds is 7. The van der Waals surface area contributed by atoms with Crippen LogP contribution in [-0.2, 0) is 14.3 Å². The monoisotopic (exact) mass is 269 g/mol. The predicted molar refractivity (Wildman–Crippen MR) is 67.9 cm³/mol. The maximum atomic E-state index is 12.3. The number of furan rings is 1. The fraction of sp³-hybridized carbons (Fsp3) is 0.538. The molecule has 0 aliphatic carbocycles. The summed E-state index contributed by atoms with van der Waals surface area (Å²) in [6, 6.07) is 1.72. The van der Waals surface area contributed by atoms with Crippen LogP contribution >= 0.6 is 0 Å². The fourth-order valence-corrected chi connectivity index (χ4v) is 1.58. The van der Waals surface area contributed by atoms with Crippen molar-refractivity contribution in [2.75, 3.05) is 33.9 Å². The van der Waals surface area contributed by atoms with E-state index in [0.717, 1.165) is 5.56 Å². The number of nitrogens with zero attached hydrogens (tertiary/aromatic N) is 1. The highest BCUT2D eigenvalue weighted by Gasteiger charge is 2.21. The Labute approximate surface area is 112 Å². The van der Waals surface area contributed by atoms with E-state index in [1.54, 1.807) is 20.1 Å². The number of ether oxygens (including phenoxy) is 2. The van der Waals surface area contributed by atoms with Crippen LogP contribution in [0.5, 0.6) is 0 Å². The quantitative estimate of drug-likeness (QED) is 0.697. The van der Waals surface area contributed by atoms with Crippen molar-refractivity contribution in [2.45, 2.75) is 13.3 Å². The molecule has 0 atom stereocenters. The molecule has 0 radical (unpaired) electrons. The van der Waals surface area contributed by atoms with Crippen molar-refractivity contribution < 1.29 is 23.5 Å². The molecule has 0 bridgehead atoms. The van der Waals surface area contributed by atoms with Crippen LogP contribution < -0.4 is 0 Å². The Morgan fingerprint density at radius 3 is 2.58 bits per heavy atom. The van der Waals surface area contributed by atoms with E-state index in [4.69, 9.17) is 9.15 Å². The zero-order chi connectivity index (χ0) is 14.3. The molecular weight excluding hydrogens is 250 g/mol. The van der Waals surface area contributed by atoms with Crippen LogP contribution in [0.2, 0.25) is 0 Å². The molecular formula is C13H19NO5. The molecule has 1 heterocycles. The number of esters is 1. The van der Waals surface area contributed by atoms with Crippen LogP contribution in [-0.4, -0.2) is 50.7 Å². The average Bonchev–Trinajstić information content (AvgIpc) is 2.84. The van der Waals surface area contributed by atoms with Gasteiger partial charge in [-0.1, -0.05) is 0 Å². The van der Waals surface area contributed by atoms with Gasteiger partial charge in [-0.05, 0) is 13.0 Å². The smallest absolute Gasteiger partial charge is 0.307 e. The van der Waals surface area contributed by atoms with Crippen LogP contribution in [0, 0.1) is 6.92 Å². The van der Waals surface area contributed by atoms with Crippen molar-refractivity contribution in [2.24, 2.45) is 0 Å². The first-order valence-electron chi connectivity index (χ1n) is 5.99. The van der Waals surface area contributed by atoms with Gasteiger partial charge in [0.25, 0.3) is 5.91 Å². The minimum absolute atomic E-state index is 0.145. The third-order valence-electron chi connectivity index (χ3n) is 2.72. The minimum Gasteiger partial charge on any atom is -0.469 e. The van der Waals surface area contributed by atoms with Gasteiger partial charge in [-0.2, -0.15) is 0 Å². The Morgan fingerprint density at radius 1 is 1.32 bits per heavy atom. The van der Waals surface area contributed by atoms with Crippen molar-refractivity contribution in [3.63, 3.8) is 0 Å². The van der Waals surface area contributed by atoms with Crippen molar-refractivity contribution >= 4 is 11.9 Å². The molecule has 0 saturated carbocycles. The first kappa shape index (κ1) is 15.2. The molecule has 19 heavy (non-hydrogen) atoms. The molecule has 1 amide bonds. The summed E-state index contributed by atoms with van der Waals surface area (Å²) in [7, 11) is 2.88. The molecule has 0 aromatic carbocycles. The first-order valence-corrected chi connectivity index (χ1v) is 5.99. The second-order valence-corrected chi connectivity index (χ2v) is 4.04. The van der Waals surface area contributed by atoms with Crippen LogP contribution in [0.25, 0.3) is 0 Å². The molecule has 1 rings (SSSR count). The SMILES string of the molecule is COCCN(CCC(=O)OC)C(=O)c1occc1C. The van der Waals surface area contributed by atoms with Crippen molar-refractivity contribution in [1.82, 2.24) is 4.90 Å². The zero-order valence-electron chi connectivity index (χ0n) is 11.5. The third-order valence-corrected chi connectivity index (χ3v) is 2.72. The van der Waals surface area contributed by atoms with Gasteiger partial charge in [0.15, 0.2) is 5.76 Å². The summed E-state index contributed by atoms with van der Waals surface area (Å²) in [5, 5.41) is 0. The lowest BCUT2D eigenvalue weighted by atomic mass is 10.2. The van der Waals surface area contributed by atoms with Crippen molar-refractivity contribution in [3.05, 3.63) is 23.7 Å². The van der Waals surface area contributed by atoms with Gasteiger partial charge in [0, 0.05) is 25.8 Å². The lowest BCUT2D eigenvalue weighted by Crippen LogP contribution is -2.36. The van der Waals surface area contributed by atoms with E-state index in [-0.39, 0.29) is 24.8 Å². The number of amides is 1. The van der Waals surface area contributed by atoms with E-state index in [9.17, 15) is 9.59 Å². The van der Waals surface area contributed by atoms with E-state index in [1.165, 1.54) is 18.3 Å². The highest BCUT2D eigenvalue weighted by atomic mass is 16.5. The van der Waals surface area contributed by atoms with Crippen LogP contribution in [0.15, 0.2) is 16.7 Å². The van der Waals surface area contributed by atoms with Gasteiger partial charge in [0.05, 0.1) is 26.4 Å². The van der Waals surface area contributed by atoms with E-state index in [2.05, 4.69) is 4.74 Å². The number of hydrogen-bond acceptors (Lipinski definition) is 5. The third kappa shape index (κ3) is 4.40. The Morgan fingerprint density at radius 2 is 2.05 bits per heavy atom. The molecule has 1 aromatic rings. The molecule has 0 saturated heterocycles. The molecule has 0 aliphatic heterocycles. The molecule has 1 aromatic heterocycles. The average molecular weight is 269 g/mol. The van der Waals surface area contributed by atoms with Gasteiger partial charge in [-0.3, -0.25) is 9.59 Å². The van der Waals surface area contributed by atoms with Gasteiger partial charge in [-0.25, -0.2) is 0 Å². The molecule has 6 nitrogen and oxygen atoms in total. The number of carbonyl (C=O) groups is 2. The predicted octanol–water partition coefficient (Wildman–Crippen LogP) is 1.24. The van der Waals surface area contributed by atoms with E-state index in [1.807, 2.05) is 0 Å². The highest BCUT2D eigenvalue weighted by Crippen LogP contribution is 2.12. The van der Waals surface area contributed by atoms with Gasteiger partial charge >= 0.3 is 5.97 Å². The largest absolute Gasteiger partial charge is 0.469 e. The summed E-state index contributed by atoms with van der Waals surface area (Å²) >= 11 is 0. The van der Waals surface area contributed by atoms with Gasteiger partial charge in [0.2, 0.25) is 0 Å². The minimum atomic E-state index is -0.355. The first-order chi connectivity index (χ1) is 9.10. The Balaban J connectivity index is 2.70. The Hall–Kier alpha value is -1.82. The fourth-order valence-electron chi connectivity index (χ4n) is 1.58. The van der Waals surface area contributed by atoms with Gasteiger partial charge in [0.1, 0.15) is 0 Å². The standard InChI is InChI=1S/C13H19NO5/c1-10-5-8-19-12(10)13(16)14(7-9-17-2)6-4-11(15)18-3/h5,8H,4,6-7,9H2,1-3H3. The number of hydrogen-bond donors (Lipinski definition) is 0. The molecule has 0 fully saturated rings. The summed E-state index contributed by atoms with van der Waals surface area (Å²) in [6.45, 7) is 2.86. The zero-order valence-corrected chi connectivity index (χ0v) is 11.5. The molecule has 0 N–H and O–H groups in total. The molecule has 106 valence electrons. The Kier molecular flexibility index (Phi) is 6.08. The number of carbonyl (C=O) groups excluding carboxylic acids is 2. The number of aryl methyl sites for hydroxylation is 1. The van der Waals surface area contributed by atoms with Crippen LogP contribution in [0.3, 0.4) is 0 Å². The summed E-state index contributed by atoms with van der Waals surface area (Å²) in [5.74, 6) is -0.309. The summed E-state index contributed by atoms with van der Waals surface area (Å²) in [5.41, 5.74) is 0.769. The summed E-state index contributed by atoms with van der Waals surface area (Å²) in [6.07, 6.45) is 1.61. The normalized spacial score (nSPS) is 10.3. The van der Waals surface area contributed by atoms with E-state index in [0.29, 0.717) is 18.9 Å². The van der Waals surface area contributed by atoms with Gasteiger partial charge in [-0.15, -0.1) is 0 Å². The second-order valence-electron chi connectivity index (χ2n) is 4.04. The maximum Gasteiger partial charge on any atom is 0.307 e. The van der Waals surface area contributed by atoms with E-state index < -0.39 is 0 Å². The number of methoxy groups -OCH3 is 2. The van der Waals surface area contributed by atoms with Crippen molar-refractivity contribution in [3.8, 4) is 0 Å². The second kappa shape index (κ2) is 7.58. The van der Waals surface area contributed by atoms with Crippen LogP contribution in [0.4, 0.5) is 0 Å².